The predicted octanol–water partition coefficient (Wildman–Crippen LogP) is 3.86. The van der Waals surface area contributed by atoms with Gasteiger partial charge in [0, 0.05) is 4.47 Å². The summed E-state index contributed by atoms with van der Waals surface area (Å²) in [7, 11) is 1.49. The minimum atomic E-state index is -0.574. The average Bonchev–Trinajstić information content (AvgIpc) is 2.76. The van der Waals surface area contributed by atoms with E-state index in [1.807, 2.05) is 19.1 Å². The Kier molecular flexibility index (Phi) is 7.10. The molecule has 6 nitrogen and oxygen atoms in total. The first-order valence-electron chi connectivity index (χ1n) is 9.33. The van der Waals surface area contributed by atoms with Crippen molar-refractivity contribution in [3.8, 4) is 23.8 Å². The van der Waals surface area contributed by atoms with Crippen LogP contribution in [0.15, 0.2) is 46.4 Å². The maximum Gasteiger partial charge on any atom is 0.270 e. The van der Waals surface area contributed by atoms with Crippen molar-refractivity contribution in [2.24, 2.45) is 0 Å². The second-order valence-electron chi connectivity index (χ2n) is 6.50. The lowest BCUT2D eigenvalue weighted by Crippen LogP contribution is -2.54. The monoisotopic (exact) mass is 498 g/mol. The number of amides is 2. The van der Waals surface area contributed by atoms with Gasteiger partial charge in [0.2, 0.25) is 0 Å². The molecule has 0 aliphatic carbocycles. The van der Waals surface area contributed by atoms with Crippen molar-refractivity contribution in [1.29, 1.82) is 0 Å². The van der Waals surface area contributed by atoms with Crippen LogP contribution in [0.1, 0.15) is 18.1 Å². The number of nitrogens with one attached hydrogen (secondary N) is 1. The quantitative estimate of drug-likeness (QED) is 0.283. The maximum absolute atomic E-state index is 13.2. The van der Waals surface area contributed by atoms with E-state index in [0.717, 1.165) is 12.0 Å². The third-order valence-electron chi connectivity index (χ3n) is 4.60. The number of methoxy groups -OCH3 is 1. The van der Waals surface area contributed by atoms with Crippen LogP contribution >= 0.6 is 28.1 Å². The van der Waals surface area contributed by atoms with Crippen LogP contribution < -0.4 is 19.7 Å². The molecule has 1 saturated heterocycles. The minimum absolute atomic E-state index is 0.0334. The van der Waals surface area contributed by atoms with Crippen LogP contribution in [-0.2, 0) is 16.0 Å². The number of nitrogens with zero attached hydrogens (tertiary/aromatic N) is 1. The van der Waals surface area contributed by atoms with Crippen molar-refractivity contribution in [1.82, 2.24) is 5.32 Å². The Bertz CT molecular complexity index is 1120. The van der Waals surface area contributed by atoms with E-state index in [9.17, 15) is 9.59 Å². The summed E-state index contributed by atoms with van der Waals surface area (Å²) >= 11 is 8.69. The largest absolute Gasteiger partial charge is 0.493 e. The number of carbonyl (C=O) groups is 2. The summed E-state index contributed by atoms with van der Waals surface area (Å²) in [4.78, 5) is 27.1. The van der Waals surface area contributed by atoms with E-state index >= 15 is 0 Å². The van der Waals surface area contributed by atoms with Crippen molar-refractivity contribution in [3.63, 3.8) is 0 Å². The van der Waals surface area contributed by atoms with Crippen LogP contribution in [0.4, 0.5) is 5.69 Å². The van der Waals surface area contributed by atoms with Gasteiger partial charge in [0.1, 0.15) is 12.2 Å². The number of aryl methyl sites for hydroxylation is 1. The standard InChI is InChI=1S/C23H19BrN2O4S/c1-4-10-30-20-13-18(24)15(12-19(20)29-3)11-17-21(27)25-23(31)26(22(17)28)16-8-6-14(5-2)7-9-16/h1,6-9,11-13H,5,10H2,2-3H3,(H,25,27,31)/b17-11+. The van der Waals surface area contributed by atoms with Gasteiger partial charge in [-0.2, -0.15) is 0 Å². The number of anilines is 1. The molecule has 1 aliphatic rings. The van der Waals surface area contributed by atoms with Crippen LogP contribution in [0.2, 0.25) is 0 Å². The molecular weight excluding hydrogens is 480 g/mol. The lowest BCUT2D eigenvalue weighted by molar-refractivity contribution is -0.122. The third-order valence-corrected chi connectivity index (χ3v) is 5.57. The van der Waals surface area contributed by atoms with E-state index in [0.29, 0.717) is 27.2 Å². The fraction of sp³-hybridized carbons (Fsp3) is 0.174. The Balaban J connectivity index is 2.00. The molecule has 31 heavy (non-hydrogen) atoms. The fourth-order valence-electron chi connectivity index (χ4n) is 2.98. The molecule has 0 bridgehead atoms. The third kappa shape index (κ3) is 4.79. The first-order chi connectivity index (χ1) is 14.9. The van der Waals surface area contributed by atoms with E-state index in [-0.39, 0.29) is 17.3 Å². The molecule has 8 heteroatoms. The molecule has 2 amide bonds. The number of hydrogen-bond donors (Lipinski definition) is 1. The molecule has 0 radical (unpaired) electrons. The summed E-state index contributed by atoms with van der Waals surface area (Å²) in [5.74, 6) is 2.15. The number of carbonyl (C=O) groups excluding carboxylic acids is 2. The van der Waals surface area contributed by atoms with Gasteiger partial charge in [0.05, 0.1) is 12.8 Å². The van der Waals surface area contributed by atoms with Crippen LogP contribution in [-0.4, -0.2) is 30.6 Å². The minimum Gasteiger partial charge on any atom is -0.493 e. The fourth-order valence-corrected chi connectivity index (χ4v) is 3.70. The van der Waals surface area contributed by atoms with Gasteiger partial charge in [-0.05, 0) is 60.1 Å². The van der Waals surface area contributed by atoms with E-state index in [1.54, 1.807) is 24.3 Å². The highest BCUT2D eigenvalue weighted by molar-refractivity contribution is 9.10. The summed E-state index contributed by atoms with van der Waals surface area (Å²) in [5, 5.41) is 2.61. The summed E-state index contributed by atoms with van der Waals surface area (Å²) in [6.07, 6.45) is 7.59. The Morgan fingerprint density at radius 3 is 2.55 bits per heavy atom. The lowest BCUT2D eigenvalue weighted by Gasteiger charge is -2.29. The van der Waals surface area contributed by atoms with Gasteiger partial charge < -0.3 is 9.47 Å². The summed E-state index contributed by atoms with van der Waals surface area (Å²) in [6.45, 7) is 2.12. The molecule has 1 aliphatic heterocycles. The van der Waals surface area contributed by atoms with Gasteiger partial charge in [0.15, 0.2) is 16.6 Å². The Morgan fingerprint density at radius 1 is 1.23 bits per heavy atom. The number of thiocarbonyl (C=S) groups is 1. The normalized spacial score (nSPS) is 15.0. The molecule has 0 spiro atoms. The topological polar surface area (TPSA) is 67.9 Å². The van der Waals surface area contributed by atoms with E-state index in [2.05, 4.69) is 27.2 Å². The van der Waals surface area contributed by atoms with Crippen molar-refractivity contribution in [3.05, 3.63) is 57.6 Å². The van der Waals surface area contributed by atoms with E-state index in [4.69, 9.17) is 28.1 Å². The zero-order chi connectivity index (χ0) is 22.5. The molecule has 1 heterocycles. The number of benzene rings is 2. The van der Waals surface area contributed by atoms with Crippen LogP contribution in [0.3, 0.4) is 0 Å². The molecule has 158 valence electrons. The van der Waals surface area contributed by atoms with Crippen molar-refractivity contribution in [2.45, 2.75) is 13.3 Å². The Labute approximate surface area is 194 Å². The Morgan fingerprint density at radius 2 is 1.94 bits per heavy atom. The molecule has 2 aromatic rings. The van der Waals surface area contributed by atoms with Gasteiger partial charge in [0.25, 0.3) is 11.8 Å². The smallest absolute Gasteiger partial charge is 0.270 e. The van der Waals surface area contributed by atoms with E-state index < -0.39 is 11.8 Å². The maximum atomic E-state index is 13.2. The summed E-state index contributed by atoms with van der Waals surface area (Å²) < 4.78 is 11.4. The van der Waals surface area contributed by atoms with Gasteiger partial charge in [-0.15, -0.1) is 6.42 Å². The SMILES string of the molecule is C#CCOc1cc(Br)c(/C=C2\C(=O)NC(=S)N(c3ccc(CC)cc3)C2=O)cc1OC. The van der Waals surface area contributed by atoms with Gasteiger partial charge in [-0.25, -0.2) is 0 Å². The second-order valence-corrected chi connectivity index (χ2v) is 7.74. The van der Waals surface area contributed by atoms with Crippen LogP contribution in [0.25, 0.3) is 6.08 Å². The van der Waals surface area contributed by atoms with Crippen LogP contribution in [0, 0.1) is 12.3 Å². The number of rotatable bonds is 6. The molecule has 1 N–H and O–H groups in total. The van der Waals surface area contributed by atoms with Gasteiger partial charge in [-0.3, -0.25) is 19.8 Å². The number of terminal acetylenes is 1. The highest BCUT2D eigenvalue weighted by Gasteiger charge is 2.34. The highest BCUT2D eigenvalue weighted by atomic mass is 79.9. The predicted molar refractivity (Wildman–Crippen MR) is 127 cm³/mol. The van der Waals surface area contributed by atoms with Crippen LogP contribution in [0.5, 0.6) is 11.5 Å². The van der Waals surface area contributed by atoms with Gasteiger partial charge in [-0.1, -0.05) is 40.9 Å². The molecule has 2 aromatic carbocycles. The Hall–Kier alpha value is -3.15. The number of ether oxygens (including phenoxy) is 2. The van der Waals surface area contributed by atoms with E-state index in [1.165, 1.54) is 18.1 Å². The molecule has 0 atom stereocenters. The summed E-state index contributed by atoms with van der Waals surface area (Å²) in [5.41, 5.74) is 2.19. The summed E-state index contributed by atoms with van der Waals surface area (Å²) in [6, 6.07) is 10.8. The molecule has 1 fully saturated rings. The molecule has 0 unspecified atom stereocenters. The molecular formula is C23H19BrN2O4S. The zero-order valence-corrected chi connectivity index (χ0v) is 19.3. The first-order valence-corrected chi connectivity index (χ1v) is 10.5. The molecule has 3 rings (SSSR count). The second kappa shape index (κ2) is 9.77. The van der Waals surface area contributed by atoms with Crippen molar-refractivity contribution in [2.75, 3.05) is 18.6 Å². The molecule has 0 saturated carbocycles. The average molecular weight is 499 g/mol. The van der Waals surface area contributed by atoms with Gasteiger partial charge >= 0.3 is 0 Å². The zero-order valence-electron chi connectivity index (χ0n) is 16.9. The molecule has 0 aromatic heterocycles. The number of halogens is 1. The lowest BCUT2D eigenvalue weighted by atomic mass is 10.1. The number of hydrogen-bond acceptors (Lipinski definition) is 5. The van der Waals surface area contributed by atoms with Crippen molar-refractivity contribution >= 4 is 56.8 Å². The van der Waals surface area contributed by atoms with Crippen molar-refractivity contribution < 1.29 is 19.1 Å². The highest BCUT2D eigenvalue weighted by Crippen LogP contribution is 2.35. The first kappa shape index (κ1) is 22.5.